The zero-order chi connectivity index (χ0) is 25.7. The number of anilines is 1. The van der Waals surface area contributed by atoms with Gasteiger partial charge in [0.15, 0.2) is 0 Å². The third-order valence-corrected chi connectivity index (χ3v) is 6.69. The maximum absolute atomic E-state index is 13.6. The van der Waals surface area contributed by atoms with Crippen molar-refractivity contribution >= 4 is 40.8 Å². The molecule has 36 heavy (non-hydrogen) atoms. The molecule has 1 aromatic carbocycles. The van der Waals surface area contributed by atoms with Crippen LogP contribution >= 0.6 is 22.9 Å². The van der Waals surface area contributed by atoms with Crippen molar-refractivity contribution in [1.29, 1.82) is 0 Å². The molecule has 190 valence electrons. The minimum absolute atomic E-state index is 0.142. The topological polar surface area (TPSA) is 87.7 Å². The van der Waals surface area contributed by atoms with Gasteiger partial charge in [-0.25, -0.2) is 14.8 Å². The van der Waals surface area contributed by atoms with Crippen LogP contribution in [-0.4, -0.2) is 64.7 Å². The van der Waals surface area contributed by atoms with Crippen LogP contribution in [-0.2, 0) is 16.0 Å². The second kappa shape index (κ2) is 11.3. The highest BCUT2D eigenvalue weighted by Gasteiger charge is 2.31. The number of benzene rings is 1. The molecule has 8 nitrogen and oxygen atoms in total. The van der Waals surface area contributed by atoms with E-state index in [0.717, 1.165) is 22.5 Å². The van der Waals surface area contributed by atoms with E-state index in [2.05, 4.69) is 31.6 Å². The summed E-state index contributed by atoms with van der Waals surface area (Å²) in [7, 11) is 0. The Hall–Kier alpha value is -3.17. The van der Waals surface area contributed by atoms with Crippen LogP contribution < -0.4 is 10.2 Å². The summed E-state index contributed by atoms with van der Waals surface area (Å²) in [6, 6.07) is 8.56. The highest BCUT2D eigenvalue weighted by atomic mass is 35.5. The van der Waals surface area contributed by atoms with Gasteiger partial charge in [-0.3, -0.25) is 4.79 Å². The summed E-state index contributed by atoms with van der Waals surface area (Å²) in [5.41, 5.74) is 2.29. The molecule has 0 spiro atoms. The summed E-state index contributed by atoms with van der Waals surface area (Å²) in [5.74, 6) is 0.719. The van der Waals surface area contributed by atoms with E-state index in [4.69, 9.17) is 16.3 Å². The molecule has 1 atom stereocenters. The van der Waals surface area contributed by atoms with Gasteiger partial charge < -0.3 is 19.9 Å². The van der Waals surface area contributed by atoms with E-state index >= 15 is 0 Å². The molecule has 1 saturated heterocycles. The monoisotopic (exact) mass is 527 g/mol. The van der Waals surface area contributed by atoms with Gasteiger partial charge in [0.2, 0.25) is 5.91 Å². The van der Waals surface area contributed by atoms with Crippen LogP contribution in [0.4, 0.5) is 10.6 Å². The lowest BCUT2D eigenvalue weighted by Crippen LogP contribution is -2.56. The van der Waals surface area contributed by atoms with Crippen LogP contribution in [0.25, 0.3) is 11.1 Å². The highest BCUT2D eigenvalue weighted by molar-refractivity contribution is 7.08. The molecule has 0 radical (unpaired) electrons. The van der Waals surface area contributed by atoms with Crippen LogP contribution in [0, 0.1) is 0 Å². The zero-order valence-electron chi connectivity index (χ0n) is 20.6. The molecule has 0 aliphatic carbocycles. The number of hydrogen-bond acceptors (Lipinski definition) is 7. The second-order valence-electron chi connectivity index (χ2n) is 9.61. The van der Waals surface area contributed by atoms with Gasteiger partial charge in [0, 0.05) is 49.4 Å². The minimum atomic E-state index is -0.756. The molecule has 1 fully saturated rings. The van der Waals surface area contributed by atoms with Crippen molar-refractivity contribution in [2.75, 3.05) is 31.1 Å². The van der Waals surface area contributed by atoms with E-state index in [9.17, 15) is 9.59 Å². The van der Waals surface area contributed by atoms with Crippen molar-refractivity contribution in [3.63, 3.8) is 0 Å². The Morgan fingerprint density at radius 2 is 1.86 bits per heavy atom. The Kier molecular flexibility index (Phi) is 8.11. The molecule has 2 aromatic heterocycles. The number of nitrogens with zero attached hydrogens (tertiary/aromatic N) is 4. The van der Waals surface area contributed by atoms with Crippen LogP contribution in [0.5, 0.6) is 0 Å². The zero-order valence-corrected chi connectivity index (χ0v) is 22.2. The smallest absolute Gasteiger partial charge is 0.408 e. The number of ether oxygens (including phenoxy) is 1. The molecule has 3 aromatic rings. The molecule has 3 heterocycles. The number of nitrogens with one attached hydrogen (secondary N) is 1. The van der Waals surface area contributed by atoms with Gasteiger partial charge in [-0.1, -0.05) is 23.7 Å². The minimum Gasteiger partial charge on any atom is -0.444 e. The fraction of sp³-hybridized carbons (Fsp3) is 0.385. The van der Waals surface area contributed by atoms with Crippen LogP contribution in [0.3, 0.4) is 0 Å². The third kappa shape index (κ3) is 6.73. The maximum Gasteiger partial charge on any atom is 0.408 e. The fourth-order valence-corrected chi connectivity index (χ4v) is 4.84. The molecule has 1 aliphatic heterocycles. The Balaban J connectivity index is 1.46. The molecular weight excluding hydrogens is 498 g/mol. The molecular formula is C26H30ClN5O3S. The summed E-state index contributed by atoms with van der Waals surface area (Å²) in [6.45, 7) is 7.65. The van der Waals surface area contributed by atoms with Crippen LogP contribution in [0.2, 0.25) is 5.02 Å². The molecule has 4 rings (SSSR count). The first-order valence-electron chi connectivity index (χ1n) is 11.8. The summed E-state index contributed by atoms with van der Waals surface area (Å²) < 4.78 is 5.42. The highest BCUT2D eigenvalue weighted by Crippen LogP contribution is 2.30. The number of carbonyl (C=O) groups excluding carboxylic acids is 2. The summed E-state index contributed by atoms with van der Waals surface area (Å²) in [4.78, 5) is 38.8. The van der Waals surface area contributed by atoms with Crippen molar-refractivity contribution in [1.82, 2.24) is 20.2 Å². The van der Waals surface area contributed by atoms with Gasteiger partial charge in [-0.2, -0.15) is 11.3 Å². The standard InChI is InChI=1S/C26H30ClN5O3S/c1-26(2,3)35-25(34)30-22(14-18-4-6-20(27)7-5-18)24(33)32-11-9-31(10-12-32)23-21(15-28-17-29-23)19-8-13-36-16-19/h4-8,13,15-17,22H,9-12,14H2,1-3H3,(H,30,34). The average molecular weight is 528 g/mol. The van der Waals surface area contributed by atoms with E-state index in [1.807, 2.05) is 23.7 Å². The van der Waals surface area contributed by atoms with Crippen molar-refractivity contribution in [3.8, 4) is 11.1 Å². The molecule has 2 amide bonds. The number of aromatic nitrogens is 2. The molecule has 0 bridgehead atoms. The predicted octanol–water partition coefficient (Wildman–Crippen LogP) is 4.64. The first kappa shape index (κ1) is 25.9. The number of halogens is 1. The number of hydrogen-bond donors (Lipinski definition) is 1. The van der Waals surface area contributed by atoms with Crippen LogP contribution in [0.15, 0.2) is 53.6 Å². The Labute approximate surface area is 220 Å². The molecule has 1 unspecified atom stereocenters. The lowest BCUT2D eigenvalue weighted by molar-refractivity contribution is -0.133. The van der Waals surface area contributed by atoms with Crippen molar-refractivity contribution in [2.45, 2.75) is 38.8 Å². The predicted molar refractivity (Wildman–Crippen MR) is 142 cm³/mol. The Morgan fingerprint density at radius 1 is 1.14 bits per heavy atom. The number of amides is 2. The lowest BCUT2D eigenvalue weighted by atomic mass is 10.0. The Morgan fingerprint density at radius 3 is 2.50 bits per heavy atom. The lowest BCUT2D eigenvalue weighted by Gasteiger charge is -2.37. The number of alkyl carbamates (subject to hydrolysis) is 1. The average Bonchev–Trinajstić information content (AvgIpc) is 3.38. The van der Waals surface area contributed by atoms with Crippen molar-refractivity contribution in [2.24, 2.45) is 0 Å². The Bertz CT molecular complexity index is 1170. The maximum atomic E-state index is 13.6. The normalized spacial score (nSPS) is 14.9. The number of carbonyl (C=O) groups is 2. The summed E-state index contributed by atoms with van der Waals surface area (Å²) in [5, 5.41) is 7.51. The quantitative estimate of drug-likeness (QED) is 0.502. The number of piperazine rings is 1. The van der Waals surface area contributed by atoms with Crippen LogP contribution in [0.1, 0.15) is 26.3 Å². The molecule has 1 aliphatic rings. The van der Waals surface area contributed by atoms with E-state index in [-0.39, 0.29) is 5.91 Å². The van der Waals surface area contributed by atoms with Gasteiger partial charge in [0.05, 0.1) is 0 Å². The van der Waals surface area contributed by atoms with E-state index < -0.39 is 17.7 Å². The van der Waals surface area contributed by atoms with Gasteiger partial charge in [0.25, 0.3) is 0 Å². The van der Waals surface area contributed by atoms with E-state index in [0.29, 0.717) is 37.6 Å². The first-order valence-corrected chi connectivity index (χ1v) is 13.1. The second-order valence-corrected chi connectivity index (χ2v) is 10.8. The van der Waals surface area contributed by atoms with Crippen molar-refractivity contribution in [3.05, 3.63) is 64.2 Å². The van der Waals surface area contributed by atoms with Gasteiger partial charge >= 0.3 is 6.09 Å². The summed E-state index contributed by atoms with van der Waals surface area (Å²) in [6.07, 6.45) is 3.10. The molecule has 0 saturated carbocycles. The van der Waals surface area contributed by atoms with Gasteiger partial charge in [0.1, 0.15) is 23.8 Å². The first-order chi connectivity index (χ1) is 17.2. The fourth-order valence-electron chi connectivity index (χ4n) is 4.06. The SMILES string of the molecule is CC(C)(C)OC(=O)NC(Cc1ccc(Cl)cc1)C(=O)N1CCN(c2ncncc2-c2ccsc2)CC1. The number of thiophene rings is 1. The van der Waals surface area contributed by atoms with E-state index in [1.54, 1.807) is 55.5 Å². The third-order valence-electron chi connectivity index (χ3n) is 5.76. The van der Waals surface area contributed by atoms with Gasteiger partial charge in [-0.15, -0.1) is 0 Å². The van der Waals surface area contributed by atoms with Crippen molar-refractivity contribution < 1.29 is 14.3 Å². The number of rotatable bonds is 6. The molecule has 1 N–H and O–H groups in total. The summed E-state index contributed by atoms with van der Waals surface area (Å²) >= 11 is 7.65. The molecule has 10 heteroatoms. The largest absolute Gasteiger partial charge is 0.444 e. The van der Waals surface area contributed by atoms with Gasteiger partial charge in [-0.05, 0) is 60.9 Å². The van der Waals surface area contributed by atoms with E-state index in [1.165, 1.54) is 0 Å².